The van der Waals surface area contributed by atoms with E-state index in [2.05, 4.69) is 21.4 Å². The second kappa shape index (κ2) is 8.52. The zero-order valence-corrected chi connectivity index (χ0v) is 19.5. The number of aromatic nitrogens is 3. The van der Waals surface area contributed by atoms with Crippen molar-refractivity contribution in [2.24, 2.45) is 0 Å². The third kappa shape index (κ3) is 4.03. The van der Waals surface area contributed by atoms with Gasteiger partial charge >= 0.3 is 0 Å². The van der Waals surface area contributed by atoms with E-state index in [1.807, 2.05) is 7.05 Å². The summed E-state index contributed by atoms with van der Waals surface area (Å²) in [6, 6.07) is 5.15. The molecule has 0 unspecified atom stereocenters. The molecular weight excluding hydrogens is 465 g/mol. The van der Waals surface area contributed by atoms with Crippen molar-refractivity contribution in [3.63, 3.8) is 0 Å². The minimum atomic E-state index is -0.621. The van der Waals surface area contributed by atoms with Gasteiger partial charge in [0.25, 0.3) is 11.5 Å². The van der Waals surface area contributed by atoms with Crippen molar-refractivity contribution in [2.45, 2.75) is 31.8 Å². The molecular formula is C23H23Cl2N5O3. The molecule has 10 heteroatoms. The Morgan fingerprint density at radius 3 is 2.64 bits per heavy atom. The van der Waals surface area contributed by atoms with Crippen LogP contribution in [0.3, 0.4) is 0 Å². The number of aromatic hydroxyl groups is 1. The Kier molecular flexibility index (Phi) is 5.68. The summed E-state index contributed by atoms with van der Waals surface area (Å²) in [6.07, 6.45) is 6.18. The topological polar surface area (TPSA) is 91.9 Å². The quantitative estimate of drug-likeness (QED) is 0.576. The molecule has 1 fully saturated rings. The van der Waals surface area contributed by atoms with Crippen LogP contribution in [0.5, 0.6) is 5.88 Å². The molecule has 5 rings (SSSR count). The Labute approximate surface area is 200 Å². The zero-order valence-electron chi connectivity index (χ0n) is 18.0. The molecule has 1 amide bonds. The molecule has 2 N–H and O–H groups in total. The zero-order chi connectivity index (χ0) is 23.3. The Balaban J connectivity index is 1.74. The number of hydrogen-bond acceptors (Lipinski definition) is 5. The number of carbonyl (C=O) groups excluding carboxylic acids is 1. The van der Waals surface area contributed by atoms with Gasteiger partial charge in [0.2, 0.25) is 5.88 Å². The normalized spacial score (nSPS) is 16.8. The molecule has 1 aliphatic heterocycles. The van der Waals surface area contributed by atoms with Gasteiger partial charge in [-0.3, -0.25) is 14.2 Å². The van der Waals surface area contributed by atoms with E-state index in [9.17, 15) is 14.7 Å². The molecule has 0 spiro atoms. The number of hydrogen-bond donors (Lipinski definition) is 2. The van der Waals surface area contributed by atoms with Crippen molar-refractivity contribution in [1.82, 2.24) is 24.4 Å². The number of fused-ring (bicyclic) bond motifs is 1. The smallest absolute Gasteiger partial charge is 0.270 e. The maximum atomic E-state index is 13.6. The standard InChI is InChI=1S/C23H23Cl2N5O3/c1-28-9-7-13(8-10-28)15-11-26-30-21(15)29(12-16-17(24)3-2-4-18(16)25)22(32)19(23(30)33)20(31)27-14-5-6-14/h2-4,7,11,14,33H,5-6,8-10,12H2,1H3,(H,27,31). The van der Waals surface area contributed by atoms with Gasteiger partial charge in [-0.25, -0.2) is 0 Å². The van der Waals surface area contributed by atoms with Crippen LogP contribution in [0, 0.1) is 0 Å². The van der Waals surface area contributed by atoms with Crippen LogP contribution in [0.15, 0.2) is 35.3 Å². The lowest BCUT2D eigenvalue weighted by Gasteiger charge is -2.22. The molecule has 3 heterocycles. The number of amides is 1. The number of halogens is 2. The average molecular weight is 488 g/mol. The summed E-state index contributed by atoms with van der Waals surface area (Å²) in [5.74, 6) is -1.09. The van der Waals surface area contributed by atoms with E-state index in [0.717, 1.165) is 43.5 Å². The van der Waals surface area contributed by atoms with Crippen LogP contribution in [-0.4, -0.2) is 56.3 Å². The van der Waals surface area contributed by atoms with Gasteiger partial charge in [0.05, 0.1) is 12.7 Å². The van der Waals surface area contributed by atoms with Crippen LogP contribution in [0.4, 0.5) is 0 Å². The van der Waals surface area contributed by atoms with E-state index in [0.29, 0.717) is 21.3 Å². The van der Waals surface area contributed by atoms with Gasteiger partial charge in [-0.05, 0) is 44.0 Å². The Morgan fingerprint density at radius 2 is 2.00 bits per heavy atom. The van der Waals surface area contributed by atoms with Crippen molar-refractivity contribution >= 4 is 40.3 Å². The lowest BCUT2D eigenvalue weighted by molar-refractivity contribution is 0.0945. The predicted molar refractivity (Wildman–Crippen MR) is 127 cm³/mol. The number of rotatable bonds is 5. The number of likely N-dealkylation sites (N-methyl/N-ethyl adjacent to an activating group) is 1. The lowest BCUT2D eigenvalue weighted by atomic mass is 10.0. The van der Waals surface area contributed by atoms with E-state index in [4.69, 9.17) is 23.2 Å². The average Bonchev–Trinajstić information content (AvgIpc) is 3.48. The second-order valence-corrected chi connectivity index (χ2v) is 9.39. The first kappa shape index (κ1) is 22.0. The van der Waals surface area contributed by atoms with Crippen LogP contribution in [0.2, 0.25) is 10.0 Å². The molecule has 1 aromatic carbocycles. The van der Waals surface area contributed by atoms with Crippen LogP contribution in [-0.2, 0) is 6.54 Å². The minimum absolute atomic E-state index is 0.0241. The number of benzene rings is 1. The fourth-order valence-electron chi connectivity index (χ4n) is 4.10. The first-order valence-electron chi connectivity index (χ1n) is 10.8. The summed E-state index contributed by atoms with van der Waals surface area (Å²) in [5, 5.41) is 18.9. The largest absolute Gasteiger partial charge is 0.492 e. The van der Waals surface area contributed by atoms with Gasteiger partial charge in [0.1, 0.15) is 0 Å². The molecule has 0 bridgehead atoms. The molecule has 0 radical (unpaired) electrons. The highest BCUT2D eigenvalue weighted by molar-refractivity contribution is 6.36. The number of carbonyl (C=O) groups is 1. The summed E-state index contributed by atoms with van der Waals surface area (Å²) in [7, 11) is 2.04. The minimum Gasteiger partial charge on any atom is -0.492 e. The highest BCUT2D eigenvalue weighted by Crippen LogP contribution is 2.31. The predicted octanol–water partition coefficient (Wildman–Crippen LogP) is 3.17. The molecule has 1 saturated carbocycles. The fraction of sp³-hybridized carbons (Fsp3) is 0.348. The Morgan fingerprint density at radius 1 is 1.27 bits per heavy atom. The summed E-state index contributed by atoms with van der Waals surface area (Å²) >= 11 is 12.8. The SMILES string of the molecule is CN1CC=C(c2cnn3c(O)c(C(=O)NC4CC4)c(=O)n(Cc4c(Cl)cccc4Cl)c23)CC1. The third-order valence-electron chi connectivity index (χ3n) is 6.16. The van der Waals surface area contributed by atoms with Gasteiger partial charge in [0, 0.05) is 40.3 Å². The van der Waals surface area contributed by atoms with Crippen LogP contribution in [0.1, 0.15) is 40.7 Å². The third-order valence-corrected chi connectivity index (χ3v) is 6.87. The summed E-state index contributed by atoms with van der Waals surface area (Å²) in [6.45, 7) is 1.65. The van der Waals surface area contributed by atoms with Crippen molar-refractivity contribution in [3.05, 3.63) is 67.6 Å². The van der Waals surface area contributed by atoms with Crippen LogP contribution < -0.4 is 10.9 Å². The highest BCUT2D eigenvalue weighted by atomic mass is 35.5. The van der Waals surface area contributed by atoms with Gasteiger partial charge in [0.15, 0.2) is 11.2 Å². The van der Waals surface area contributed by atoms with Crippen molar-refractivity contribution in [2.75, 3.05) is 20.1 Å². The monoisotopic (exact) mass is 487 g/mol. The molecule has 0 atom stereocenters. The van der Waals surface area contributed by atoms with E-state index in [-0.39, 0.29) is 18.2 Å². The van der Waals surface area contributed by atoms with Crippen molar-refractivity contribution < 1.29 is 9.90 Å². The van der Waals surface area contributed by atoms with E-state index in [1.54, 1.807) is 24.4 Å². The van der Waals surface area contributed by atoms with E-state index < -0.39 is 17.3 Å². The lowest BCUT2D eigenvalue weighted by Crippen LogP contribution is -2.36. The van der Waals surface area contributed by atoms with Crippen LogP contribution >= 0.6 is 23.2 Å². The van der Waals surface area contributed by atoms with Crippen molar-refractivity contribution in [1.29, 1.82) is 0 Å². The summed E-state index contributed by atoms with van der Waals surface area (Å²) in [5.41, 5.74) is 1.73. The molecule has 2 aliphatic rings. The molecule has 2 aromatic heterocycles. The highest BCUT2D eigenvalue weighted by Gasteiger charge is 2.30. The second-order valence-electron chi connectivity index (χ2n) is 8.57. The Bertz CT molecular complexity index is 1340. The van der Waals surface area contributed by atoms with Gasteiger partial charge in [-0.15, -0.1) is 0 Å². The van der Waals surface area contributed by atoms with Crippen LogP contribution in [0.25, 0.3) is 11.2 Å². The first-order valence-corrected chi connectivity index (χ1v) is 11.6. The molecule has 3 aromatic rings. The van der Waals surface area contributed by atoms with Gasteiger partial charge in [-0.1, -0.05) is 35.3 Å². The number of nitrogens with zero attached hydrogens (tertiary/aromatic N) is 4. The summed E-state index contributed by atoms with van der Waals surface area (Å²) < 4.78 is 2.68. The molecule has 33 heavy (non-hydrogen) atoms. The molecule has 0 saturated heterocycles. The molecule has 172 valence electrons. The van der Waals surface area contributed by atoms with Gasteiger partial charge in [-0.2, -0.15) is 9.61 Å². The summed E-state index contributed by atoms with van der Waals surface area (Å²) in [4.78, 5) is 28.7. The van der Waals surface area contributed by atoms with E-state index >= 15 is 0 Å². The first-order chi connectivity index (χ1) is 15.8. The molecule has 1 aliphatic carbocycles. The van der Waals surface area contributed by atoms with Gasteiger partial charge < -0.3 is 15.3 Å². The Hall–Kier alpha value is -2.81. The fourth-order valence-corrected chi connectivity index (χ4v) is 4.62. The number of nitrogens with one attached hydrogen (secondary N) is 1. The van der Waals surface area contributed by atoms with E-state index in [1.165, 1.54) is 9.08 Å². The maximum Gasteiger partial charge on any atom is 0.270 e. The maximum absolute atomic E-state index is 13.6. The molecule has 8 nitrogen and oxygen atoms in total. The van der Waals surface area contributed by atoms with Crippen molar-refractivity contribution in [3.8, 4) is 5.88 Å².